The predicted octanol–water partition coefficient (Wildman–Crippen LogP) is 3.25. The lowest BCUT2D eigenvalue weighted by Gasteiger charge is -2.37. The van der Waals surface area contributed by atoms with Gasteiger partial charge in [-0.15, -0.1) is 0 Å². The van der Waals surface area contributed by atoms with Gasteiger partial charge in [-0.2, -0.15) is 13.2 Å². The summed E-state index contributed by atoms with van der Waals surface area (Å²) in [5.74, 6) is 0. The van der Waals surface area contributed by atoms with Gasteiger partial charge in [0.1, 0.15) is 11.9 Å². The van der Waals surface area contributed by atoms with Gasteiger partial charge < -0.3 is 25.6 Å². The largest absolute Gasteiger partial charge is 0.444 e. The molecule has 1 saturated heterocycles. The minimum atomic E-state index is -4.49. The van der Waals surface area contributed by atoms with Gasteiger partial charge in [0.15, 0.2) is 0 Å². The van der Waals surface area contributed by atoms with Gasteiger partial charge in [-0.25, -0.2) is 9.59 Å². The first kappa shape index (κ1) is 27.7. The van der Waals surface area contributed by atoms with E-state index in [1.54, 1.807) is 7.05 Å². The molecular weight excluding hydrogens is 453 g/mol. The second-order valence-corrected chi connectivity index (χ2v) is 9.34. The molecule has 5 N–H and O–H groups in total. The van der Waals surface area contributed by atoms with Crippen LogP contribution in [0.25, 0.3) is 0 Å². The Bertz CT molecular complexity index is 831. The average Bonchev–Trinajstić information content (AvgIpc) is 2.68. The van der Waals surface area contributed by atoms with E-state index >= 15 is 0 Å². The predicted molar refractivity (Wildman–Crippen MR) is 123 cm³/mol. The van der Waals surface area contributed by atoms with Crippen LogP contribution < -0.4 is 26.6 Å². The Morgan fingerprint density at radius 2 is 1.91 bits per heavy atom. The van der Waals surface area contributed by atoms with E-state index in [9.17, 15) is 22.8 Å². The molecule has 1 heterocycles. The van der Waals surface area contributed by atoms with Gasteiger partial charge in [-0.1, -0.05) is 6.07 Å². The summed E-state index contributed by atoms with van der Waals surface area (Å²) in [5, 5.41) is 14.8. The maximum absolute atomic E-state index is 12.9. The van der Waals surface area contributed by atoms with E-state index < -0.39 is 29.7 Å². The molecule has 34 heavy (non-hydrogen) atoms. The number of amides is 3. The summed E-state index contributed by atoms with van der Waals surface area (Å²) >= 11 is 0. The summed E-state index contributed by atoms with van der Waals surface area (Å²) in [4.78, 5) is 25.8. The van der Waals surface area contributed by atoms with Crippen molar-refractivity contribution in [1.82, 2.24) is 26.2 Å². The van der Waals surface area contributed by atoms with Crippen molar-refractivity contribution in [2.75, 3.05) is 25.5 Å². The third-order valence-corrected chi connectivity index (χ3v) is 4.90. The number of urea groups is 1. The average molecular weight is 489 g/mol. The Labute approximate surface area is 198 Å². The van der Waals surface area contributed by atoms with Crippen LogP contribution in [-0.2, 0) is 10.9 Å². The molecule has 0 bridgehead atoms. The number of ether oxygens (including phenoxy) is 1. The molecule has 0 spiro atoms. The third kappa shape index (κ3) is 9.74. The van der Waals surface area contributed by atoms with Crippen molar-refractivity contribution >= 4 is 17.8 Å². The molecule has 1 aliphatic rings. The van der Waals surface area contributed by atoms with E-state index in [-0.39, 0.29) is 24.0 Å². The zero-order valence-electron chi connectivity index (χ0n) is 20.2. The highest BCUT2D eigenvalue weighted by molar-refractivity contribution is 5.89. The summed E-state index contributed by atoms with van der Waals surface area (Å²) in [7, 11) is 1.68. The number of benzene rings is 1. The number of rotatable bonds is 7. The maximum atomic E-state index is 12.9. The fourth-order valence-electron chi connectivity index (χ4n) is 3.34. The van der Waals surface area contributed by atoms with Crippen molar-refractivity contribution in [3.63, 3.8) is 0 Å². The van der Waals surface area contributed by atoms with Gasteiger partial charge in [0.25, 0.3) is 0 Å². The van der Waals surface area contributed by atoms with Crippen molar-refractivity contribution in [3.05, 3.63) is 29.8 Å². The van der Waals surface area contributed by atoms with Crippen molar-refractivity contribution in [1.29, 1.82) is 0 Å². The quantitative estimate of drug-likeness (QED) is 0.377. The van der Waals surface area contributed by atoms with Crippen LogP contribution in [0.2, 0.25) is 0 Å². The molecule has 1 aromatic rings. The van der Waals surface area contributed by atoms with Crippen molar-refractivity contribution < 1.29 is 27.5 Å². The molecule has 3 unspecified atom stereocenters. The smallest absolute Gasteiger partial charge is 0.416 e. The van der Waals surface area contributed by atoms with E-state index in [2.05, 4.69) is 26.6 Å². The fourth-order valence-corrected chi connectivity index (χ4v) is 3.34. The topological polar surface area (TPSA) is 107 Å². The van der Waals surface area contributed by atoms with Crippen molar-refractivity contribution in [2.45, 2.75) is 70.8 Å². The van der Waals surface area contributed by atoms with Gasteiger partial charge in [-0.05, 0) is 65.3 Å². The van der Waals surface area contributed by atoms with E-state index in [4.69, 9.17) is 4.74 Å². The normalized spacial score (nSPS) is 21.0. The second kappa shape index (κ2) is 11.7. The number of nitrogens with one attached hydrogen (secondary N) is 5. The van der Waals surface area contributed by atoms with Crippen LogP contribution in [0.1, 0.15) is 46.1 Å². The van der Waals surface area contributed by atoms with Gasteiger partial charge in [-0.3, -0.25) is 10.6 Å². The number of hydrogen-bond acceptors (Lipinski definition) is 6. The van der Waals surface area contributed by atoms with Gasteiger partial charge in [0.2, 0.25) is 0 Å². The van der Waals surface area contributed by atoms with E-state index in [1.807, 2.05) is 27.7 Å². The molecule has 0 saturated carbocycles. The molecule has 1 aromatic carbocycles. The molecule has 9 nitrogen and oxygen atoms in total. The van der Waals surface area contributed by atoms with E-state index in [0.717, 1.165) is 18.6 Å². The van der Waals surface area contributed by atoms with Gasteiger partial charge >= 0.3 is 18.3 Å². The summed E-state index contributed by atoms with van der Waals surface area (Å²) in [6, 6.07) is 3.87. The fraction of sp³-hybridized carbons (Fsp3) is 0.636. The highest BCUT2D eigenvalue weighted by atomic mass is 19.4. The van der Waals surface area contributed by atoms with Crippen molar-refractivity contribution in [3.8, 4) is 0 Å². The summed E-state index contributed by atoms with van der Waals surface area (Å²) in [6.45, 7) is 8.55. The molecule has 0 aliphatic carbocycles. The summed E-state index contributed by atoms with van der Waals surface area (Å²) in [5.41, 5.74) is -1.34. The summed E-state index contributed by atoms with van der Waals surface area (Å²) < 4.78 is 43.9. The lowest BCUT2D eigenvalue weighted by molar-refractivity contribution is -0.137. The Balaban J connectivity index is 1.77. The highest BCUT2D eigenvalue weighted by Crippen LogP contribution is 2.30. The monoisotopic (exact) mass is 488 g/mol. The molecule has 0 aromatic heterocycles. The number of alkyl halides is 3. The number of anilines is 1. The van der Waals surface area contributed by atoms with Crippen LogP contribution >= 0.6 is 0 Å². The number of nitrogens with zero attached hydrogens (tertiary/aromatic N) is 1. The van der Waals surface area contributed by atoms with Crippen LogP contribution in [0.3, 0.4) is 0 Å². The molecule has 12 heteroatoms. The lowest BCUT2D eigenvalue weighted by atomic mass is 10.1. The first-order chi connectivity index (χ1) is 15.7. The van der Waals surface area contributed by atoms with Crippen molar-refractivity contribution in [2.24, 2.45) is 0 Å². The summed E-state index contributed by atoms with van der Waals surface area (Å²) in [6.07, 6.45) is -4.12. The molecule has 1 aliphatic heterocycles. The molecule has 3 amide bonds. The van der Waals surface area contributed by atoms with Crippen LogP contribution in [0.4, 0.5) is 28.4 Å². The molecular formula is C22H35F3N6O3. The first-order valence-electron chi connectivity index (χ1n) is 11.2. The SMILES string of the molecule is CC1CC(NCCCN(C)C(=O)OC(C)(C)C)NC(NC(=O)Nc2cccc(C(F)(F)F)c2)N1. The second-order valence-electron chi connectivity index (χ2n) is 9.34. The molecule has 192 valence electrons. The van der Waals surface area contributed by atoms with E-state index in [0.29, 0.717) is 19.5 Å². The molecule has 3 atom stereocenters. The zero-order chi connectivity index (χ0) is 25.5. The Morgan fingerprint density at radius 3 is 2.56 bits per heavy atom. The Hall–Kier alpha value is -2.57. The zero-order valence-corrected chi connectivity index (χ0v) is 20.2. The standard InChI is InChI=1S/C22H35F3N6O3/c1-14-12-17(26-10-7-11-31(5)20(33)34-21(2,3)4)29-18(27-14)30-19(32)28-16-9-6-8-15(13-16)22(23,24)25/h6,8-9,13-14,17-18,26-27,29H,7,10-12H2,1-5H3,(H2,28,30,32). The lowest BCUT2D eigenvalue weighted by Crippen LogP contribution is -2.67. The Kier molecular flexibility index (Phi) is 9.54. The highest BCUT2D eigenvalue weighted by Gasteiger charge is 2.31. The minimum Gasteiger partial charge on any atom is -0.444 e. The molecule has 2 rings (SSSR count). The maximum Gasteiger partial charge on any atom is 0.416 e. The third-order valence-electron chi connectivity index (χ3n) is 4.90. The number of halogens is 3. The van der Waals surface area contributed by atoms with Gasteiger partial charge in [0.05, 0.1) is 11.7 Å². The van der Waals surface area contributed by atoms with E-state index in [1.165, 1.54) is 17.0 Å². The van der Waals surface area contributed by atoms with Crippen LogP contribution in [0, 0.1) is 0 Å². The van der Waals surface area contributed by atoms with Crippen LogP contribution in [0.5, 0.6) is 0 Å². The minimum absolute atomic E-state index is 0.0416. The Morgan fingerprint density at radius 1 is 1.21 bits per heavy atom. The first-order valence-corrected chi connectivity index (χ1v) is 11.2. The van der Waals surface area contributed by atoms with Gasteiger partial charge in [0, 0.05) is 25.3 Å². The van der Waals surface area contributed by atoms with Crippen LogP contribution in [0.15, 0.2) is 24.3 Å². The molecule has 1 fully saturated rings. The van der Waals surface area contributed by atoms with Crippen LogP contribution in [-0.4, -0.2) is 61.3 Å². The number of hydrogen-bond donors (Lipinski definition) is 5. The number of carbonyl (C=O) groups is 2. The molecule has 0 radical (unpaired) electrons. The number of carbonyl (C=O) groups excluding carboxylic acids is 2.